The van der Waals surface area contributed by atoms with Gasteiger partial charge in [0, 0.05) is 35.5 Å². The Bertz CT molecular complexity index is 1430. The van der Waals surface area contributed by atoms with Crippen molar-refractivity contribution in [2.75, 3.05) is 11.9 Å². The van der Waals surface area contributed by atoms with Gasteiger partial charge in [0.15, 0.2) is 11.9 Å². The second kappa shape index (κ2) is 13.2. The molecule has 1 heterocycles. The molecule has 2 atom stereocenters. The Morgan fingerprint density at radius 2 is 1.54 bits per heavy atom. The summed E-state index contributed by atoms with van der Waals surface area (Å²) in [6, 6.07) is 29.1. The topological polar surface area (TPSA) is 109 Å². The van der Waals surface area contributed by atoms with Crippen LogP contribution in [0.1, 0.15) is 61.1 Å². The number of Topliss-reactive ketones (excluding diaryl/α,β-unsaturated/α-hetero) is 1. The van der Waals surface area contributed by atoms with Crippen molar-refractivity contribution < 1.29 is 24.5 Å². The number of ketones is 1. The highest BCUT2D eigenvalue weighted by Gasteiger charge is 2.17. The van der Waals surface area contributed by atoms with Crippen molar-refractivity contribution in [3.63, 3.8) is 0 Å². The molecule has 0 aliphatic heterocycles. The van der Waals surface area contributed by atoms with Crippen molar-refractivity contribution >= 4 is 17.4 Å². The van der Waals surface area contributed by atoms with E-state index in [2.05, 4.69) is 55.3 Å². The Hall–Kier alpha value is -4.49. The molecule has 0 unspecified atom stereocenters. The molecular formula is C34H36N2O5. The van der Waals surface area contributed by atoms with Crippen molar-refractivity contribution in [3.05, 3.63) is 114 Å². The molecule has 7 heteroatoms. The zero-order chi connectivity index (χ0) is 29.4. The minimum atomic E-state index is -1.54. The number of hydrogen-bond acceptors (Lipinski definition) is 6. The van der Waals surface area contributed by atoms with Crippen LogP contribution in [-0.4, -0.2) is 39.7 Å². The second-order valence-electron chi connectivity index (χ2n) is 11.0. The largest absolute Gasteiger partial charge is 0.479 e. The fraction of sp³-hybridized carbons (Fsp3) is 0.265. The normalized spacial score (nSPS) is 12.8. The van der Waals surface area contributed by atoms with Crippen molar-refractivity contribution in [2.45, 2.75) is 51.2 Å². The first-order valence-corrected chi connectivity index (χ1v) is 13.7. The Kier molecular flexibility index (Phi) is 9.53. The van der Waals surface area contributed by atoms with Gasteiger partial charge in [-0.1, -0.05) is 75.4 Å². The molecule has 1 aromatic heterocycles. The molecule has 7 nitrogen and oxygen atoms in total. The zero-order valence-electron chi connectivity index (χ0n) is 23.6. The number of aliphatic hydroxyl groups excluding tert-OH is 1. The van der Waals surface area contributed by atoms with Gasteiger partial charge in [0.1, 0.15) is 6.61 Å². The lowest BCUT2D eigenvalue weighted by Gasteiger charge is -2.21. The lowest BCUT2D eigenvalue weighted by Crippen LogP contribution is -2.20. The minimum Gasteiger partial charge on any atom is -0.479 e. The van der Waals surface area contributed by atoms with Crippen LogP contribution in [0, 0.1) is 0 Å². The Labute approximate surface area is 240 Å². The Morgan fingerprint density at radius 1 is 0.878 bits per heavy atom. The molecule has 3 aromatic carbocycles. The van der Waals surface area contributed by atoms with Crippen LogP contribution < -0.4 is 10.1 Å². The van der Waals surface area contributed by atoms with Crippen LogP contribution in [0.2, 0.25) is 0 Å². The minimum absolute atomic E-state index is 0.0469. The van der Waals surface area contributed by atoms with Gasteiger partial charge in [-0.2, -0.15) is 0 Å². The Balaban J connectivity index is 1.40. The first-order valence-electron chi connectivity index (χ1n) is 13.7. The van der Waals surface area contributed by atoms with Crippen molar-refractivity contribution in [2.24, 2.45) is 0 Å². The summed E-state index contributed by atoms with van der Waals surface area (Å²) in [4.78, 5) is 27.7. The summed E-state index contributed by atoms with van der Waals surface area (Å²) >= 11 is 0. The van der Waals surface area contributed by atoms with Gasteiger partial charge < -0.3 is 20.3 Å². The second-order valence-corrected chi connectivity index (χ2v) is 11.0. The monoisotopic (exact) mass is 552 g/mol. The summed E-state index contributed by atoms with van der Waals surface area (Å²) in [6.45, 7) is 6.92. The van der Waals surface area contributed by atoms with Crippen LogP contribution in [-0.2, 0) is 10.2 Å². The molecule has 0 aliphatic rings. The van der Waals surface area contributed by atoms with E-state index < -0.39 is 12.1 Å². The van der Waals surface area contributed by atoms with Crippen molar-refractivity contribution in [3.8, 4) is 17.0 Å². The summed E-state index contributed by atoms with van der Waals surface area (Å²) in [5, 5.41) is 21.7. The lowest BCUT2D eigenvalue weighted by atomic mass is 9.86. The first-order chi connectivity index (χ1) is 19.6. The van der Waals surface area contributed by atoms with Gasteiger partial charge in [-0.3, -0.25) is 4.79 Å². The average molecular weight is 553 g/mol. The highest BCUT2D eigenvalue weighted by Crippen LogP contribution is 2.27. The number of carbonyl (C=O) groups excluding carboxylic acids is 1. The molecule has 0 aliphatic carbocycles. The summed E-state index contributed by atoms with van der Waals surface area (Å²) in [7, 11) is 0. The van der Waals surface area contributed by atoms with Crippen LogP contribution in [0.4, 0.5) is 5.69 Å². The summed E-state index contributed by atoms with van der Waals surface area (Å²) in [5.74, 6) is -1.03. The van der Waals surface area contributed by atoms with Gasteiger partial charge in [0.05, 0.1) is 6.04 Å². The fourth-order valence-corrected chi connectivity index (χ4v) is 4.36. The number of anilines is 1. The van der Waals surface area contributed by atoms with E-state index in [4.69, 9.17) is 9.84 Å². The molecule has 4 rings (SSSR count). The zero-order valence-corrected chi connectivity index (χ0v) is 23.6. The number of rotatable bonds is 12. The predicted molar refractivity (Wildman–Crippen MR) is 160 cm³/mol. The molecule has 212 valence electrons. The predicted octanol–water partition coefficient (Wildman–Crippen LogP) is 6.69. The molecule has 41 heavy (non-hydrogen) atoms. The lowest BCUT2D eigenvalue weighted by molar-refractivity contribution is -0.146. The molecule has 0 amide bonds. The molecule has 0 fully saturated rings. The van der Waals surface area contributed by atoms with Gasteiger partial charge in [0.2, 0.25) is 5.88 Å². The Morgan fingerprint density at radius 3 is 2.12 bits per heavy atom. The van der Waals surface area contributed by atoms with E-state index in [1.807, 2.05) is 48.7 Å². The standard InChI is InChI=1S/C34H36N2O5/c1-34(2,3)27-14-9-23(10-15-27)26-13-20-32(35-21-26)41-22-29(24-7-5-4-6-8-24)36-28-16-11-25(12-17-28)30(37)18-19-31(38)33(39)40/h4-17,20-21,29,31,36,38H,18-19,22H2,1-3H3,(H,39,40)/t29-,31-/m1/s1. The quantitative estimate of drug-likeness (QED) is 0.168. The summed E-state index contributed by atoms with van der Waals surface area (Å²) < 4.78 is 6.09. The third kappa shape index (κ3) is 8.25. The fourth-order valence-electron chi connectivity index (χ4n) is 4.36. The van der Waals surface area contributed by atoms with Crippen LogP contribution in [0.25, 0.3) is 11.1 Å². The highest BCUT2D eigenvalue weighted by molar-refractivity contribution is 5.96. The molecule has 0 saturated carbocycles. The number of aromatic nitrogens is 1. The first kappa shape index (κ1) is 29.5. The average Bonchev–Trinajstić information content (AvgIpc) is 2.98. The maximum atomic E-state index is 12.4. The number of ether oxygens (including phenoxy) is 1. The number of nitrogens with one attached hydrogen (secondary N) is 1. The van der Waals surface area contributed by atoms with E-state index in [-0.39, 0.29) is 30.1 Å². The number of carboxylic acid groups (broad SMARTS) is 1. The van der Waals surface area contributed by atoms with Crippen LogP contribution in [0.3, 0.4) is 0 Å². The van der Waals surface area contributed by atoms with Gasteiger partial charge >= 0.3 is 5.97 Å². The number of aliphatic hydroxyl groups is 1. The van der Waals surface area contributed by atoms with Crippen LogP contribution in [0.15, 0.2) is 97.2 Å². The maximum absolute atomic E-state index is 12.4. The molecular weight excluding hydrogens is 516 g/mol. The van der Waals surface area contributed by atoms with E-state index in [1.165, 1.54) is 5.56 Å². The van der Waals surface area contributed by atoms with Gasteiger partial charge in [-0.25, -0.2) is 9.78 Å². The molecule has 4 aromatic rings. The maximum Gasteiger partial charge on any atom is 0.332 e. The number of aliphatic carboxylic acids is 1. The molecule has 0 spiro atoms. The number of nitrogens with zero attached hydrogens (tertiary/aromatic N) is 1. The number of carbonyl (C=O) groups is 2. The summed E-state index contributed by atoms with van der Waals surface area (Å²) in [5.41, 5.74) is 5.79. The van der Waals surface area contributed by atoms with Gasteiger partial charge in [0.25, 0.3) is 0 Å². The van der Waals surface area contributed by atoms with Crippen LogP contribution >= 0.6 is 0 Å². The van der Waals surface area contributed by atoms with E-state index in [9.17, 15) is 14.7 Å². The number of benzene rings is 3. The molecule has 0 saturated heterocycles. The van der Waals surface area contributed by atoms with Gasteiger partial charge in [-0.05, 0) is 58.9 Å². The number of pyridine rings is 1. The smallest absolute Gasteiger partial charge is 0.332 e. The van der Waals surface area contributed by atoms with E-state index >= 15 is 0 Å². The van der Waals surface area contributed by atoms with Crippen molar-refractivity contribution in [1.29, 1.82) is 0 Å². The van der Waals surface area contributed by atoms with Gasteiger partial charge in [-0.15, -0.1) is 0 Å². The van der Waals surface area contributed by atoms with Crippen molar-refractivity contribution in [1.82, 2.24) is 4.98 Å². The third-order valence-corrected chi connectivity index (χ3v) is 6.90. The SMILES string of the molecule is CC(C)(C)c1ccc(-c2ccc(OC[C@@H](Nc3ccc(C(=O)CC[C@@H](O)C(=O)O)cc3)c3ccccc3)nc2)cc1. The molecule has 0 bridgehead atoms. The number of hydrogen-bond donors (Lipinski definition) is 3. The van der Waals surface area contributed by atoms with Crippen LogP contribution in [0.5, 0.6) is 5.88 Å². The molecule has 0 radical (unpaired) electrons. The van der Waals surface area contributed by atoms with E-state index in [0.717, 1.165) is 22.4 Å². The molecule has 3 N–H and O–H groups in total. The number of carboxylic acids is 1. The summed E-state index contributed by atoms with van der Waals surface area (Å²) in [6.07, 6.45) is 0.101. The van der Waals surface area contributed by atoms with E-state index in [0.29, 0.717) is 18.1 Å². The third-order valence-electron chi connectivity index (χ3n) is 6.90. The highest BCUT2D eigenvalue weighted by atomic mass is 16.5. The van der Waals surface area contributed by atoms with E-state index in [1.54, 1.807) is 24.3 Å².